The van der Waals surface area contributed by atoms with E-state index in [-0.39, 0.29) is 11.8 Å². The van der Waals surface area contributed by atoms with Gasteiger partial charge in [-0.25, -0.2) is 4.79 Å². The quantitative estimate of drug-likeness (QED) is 0.689. The molecular weight excluding hydrogens is 377 g/mol. The molecule has 0 aliphatic rings. The minimum Gasteiger partial charge on any atom is -0.452 e. The van der Waals surface area contributed by atoms with Gasteiger partial charge < -0.3 is 14.8 Å². The van der Waals surface area contributed by atoms with Crippen LogP contribution in [0.5, 0.6) is 0 Å². The Labute approximate surface area is 162 Å². The highest BCUT2D eigenvalue weighted by Gasteiger charge is 2.13. The Morgan fingerprint density at radius 3 is 2.23 bits per heavy atom. The average molecular weight is 396 g/mol. The summed E-state index contributed by atoms with van der Waals surface area (Å²) in [5.74, 6) is -1.13. The van der Waals surface area contributed by atoms with Gasteiger partial charge in [0.2, 0.25) is 0 Å². The molecule has 5 nitrogen and oxygen atoms in total. The number of ether oxygens (including phenoxy) is 2. The molecule has 1 N–H and O–H groups in total. The van der Waals surface area contributed by atoms with Gasteiger partial charge in [0.15, 0.2) is 6.61 Å². The first-order valence-corrected chi connectivity index (χ1v) is 8.74. The Morgan fingerprint density at radius 2 is 1.65 bits per heavy atom. The number of esters is 1. The summed E-state index contributed by atoms with van der Waals surface area (Å²) in [6.07, 6.45) is 0.129. The minimum absolute atomic E-state index is 0.129. The van der Waals surface area contributed by atoms with Gasteiger partial charge in [0, 0.05) is 0 Å². The molecule has 0 spiro atoms. The van der Waals surface area contributed by atoms with Gasteiger partial charge in [0.25, 0.3) is 5.91 Å². The van der Waals surface area contributed by atoms with Gasteiger partial charge in [-0.2, -0.15) is 0 Å². The molecule has 0 fully saturated rings. The third-order valence-corrected chi connectivity index (χ3v) is 3.96. The molecule has 0 saturated carbocycles. The largest absolute Gasteiger partial charge is 0.452 e. The Morgan fingerprint density at radius 1 is 1.04 bits per heavy atom. The Balaban J connectivity index is 1.87. The van der Waals surface area contributed by atoms with E-state index in [1.165, 1.54) is 0 Å². The molecule has 2 aromatic rings. The number of hydrogen-bond acceptors (Lipinski definition) is 4. The first kappa shape index (κ1) is 20.2. The molecule has 0 radical (unpaired) electrons. The van der Waals surface area contributed by atoms with Crippen molar-refractivity contribution in [2.24, 2.45) is 0 Å². The SMILES string of the molecule is CC(C)OCc1ccc(C(=O)OCC(=O)Nc2c(Cl)cccc2Cl)cc1. The predicted octanol–water partition coefficient (Wildman–Crippen LogP) is 4.71. The van der Waals surface area contributed by atoms with Crippen molar-refractivity contribution in [1.29, 1.82) is 0 Å². The minimum atomic E-state index is -0.596. The van der Waals surface area contributed by atoms with E-state index in [4.69, 9.17) is 32.7 Å². The van der Waals surface area contributed by atoms with Crippen LogP contribution < -0.4 is 5.32 Å². The number of anilines is 1. The fourth-order valence-corrected chi connectivity index (χ4v) is 2.50. The third-order valence-electron chi connectivity index (χ3n) is 3.33. The molecule has 138 valence electrons. The van der Waals surface area contributed by atoms with Crippen LogP contribution in [0.25, 0.3) is 0 Å². The van der Waals surface area contributed by atoms with Crippen LogP contribution in [0, 0.1) is 0 Å². The maximum atomic E-state index is 12.0. The van der Waals surface area contributed by atoms with Crippen LogP contribution in [0.2, 0.25) is 10.0 Å². The first-order chi connectivity index (χ1) is 12.4. The Bertz CT molecular complexity index is 755. The molecule has 0 unspecified atom stereocenters. The normalized spacial score (nSPS) is 10.7. The Hall–Kier alpha value is -2.08. The van der Waals surface area contributed by atoms with E-state index < -0.39 is 18.5 Å². The number of benzene rings is 2. The summed E-state index contributed by atoms with van der Waals surface area (Å²) in [5, 5.41) is 3.13. The van der Waals surface area contributed by atoms with E-state index >= 15 is 0 Å². The van der Waals surface area contributed by atoms with Crippen LogP contribution in [-0.2, 0) is 20.9 Å². The molecule has 0 aromatic heterocycles. The van der Waals surface area contributed by atoms with E-state index in [1.807, 2.05) is 13.8 Å². The maximum Gasteiger partial charge on any atom is 0.338 e. The van der Waals surface area contributed by atoms with Crippen molar-refractivity contribution >= 4 is 40.8 Å². The maximum absolute atomic E-state index is 12.0. The van der Waals surface area contributed by atoms with Gasteiger partial charge in [0.05, 0.1) is 34.0 Å². The zero-order chi connectivity index (χ0) is 19.1. The molecule has 1 amide bonds. The van der Waals surface area contributed by atoms with Gasteiger partial charge in [-0.1, -0.05) is 41.4 Å². The standard InChI is InChI=1S/C19H19Cl2NO4/c1-12(2)25-10-13-6-8-14(9-7-13)19(24)26-11-17(23)22-18-15(20)4-3-5-16(18)21/h3-9,12H,10-11H2,1-2H3,(H,22,23). The highest BCUT2D eigenvalue weighted by Crippen LogP contribution is 2.29. The number of carbonyl (C=O) groups is 2. The zero-order valence-corrected chi connectivity index (χ0v) is 15.9. The molecule has 2 rings (SSSR count). The van der Waals surface area contributed by atoms with Crippen molar-refractivity contribution in [2.75, 3.05) is 11.9 Å². The van der Waals surface area contributed by atoms with Crippen molar-refractivity contribution in [2.45, 2.75) is 26.6 Å². The topological polar surface area (TPSA) is 64.6 Å². The molecule has 0 aliphatic heterocycles. The van der Waals surface area contributed by atoms with Crippen LogP contribution in [0.4, 0.5) is 5.69 Å². The van der Waals surface area contributed by atoms with Crippen molar-refractivity contribution in [1.82, 2.24) is 0 Å². The van der Waals surface area contributed by atoms with Crippen molar-refractivity contribution < 1.29 is 19.1 Å². The molecule has 26 heavy (non-hydrogen) atoms. The number of halogens is 2. The van der Waals surface area contributed by atoms with Gasteiger partial charge in [0.1, 0.15) is 0 Å². The van der Waals surface area contributed by atoms with E-state index in [1.54, 1.807) is 42.5 Å². The summed E-state index contributed by atoms with van der Waals surface area (Å²) >= 11 is 11.9. The lowest BCUT2D eigenvalue weighted by atomic mass is 10.1. The summed E-state index contributed by atoms with van der Waals surface area (Å²) in [5.41, 5.74) is 1.58. The van der Waals surface area contributed by atoms with Gasteiger partial charge in [-0.05, 0) is 43.7 Å². The summed E-state index contributed by atoms with van der Waals surface area (Å²) in [6.45, 7) is 3.92. The zero-order valence-electron chi connectivity index (χ0n) is 14.4. The molecular formula is C19H19Cl2NO4. The fraction of sp³-hybridized carbons (Fsp3) is 0.263. The number of hydrogen-bond donors (Lipinski definition) is 1. The highest BCUT2D eigenvalue weighted by atomic mass is 35.5. The first-order valence-electron chi connectivity index (χ1n) is 7.98. The molecule has 0 aliphatic carbocycles. The van der Waals surface area contributed by atoms with Crippen LogP contribution in [-0.4, -0.2) is 24.6 Å². The van der Waals surface area contributed by atoms with Crippen molar-refractivity contribution in [3.63, 3.8) is 0 Å². The van der Waals surface area contributed by atoms with Crippen LogP contribution in [0.1, 0.15) is 29.8 Å². The average Bonchev–Trinajstić information content (AvgIpc) is 2.61. The number of amides is 1. The van der Waals surface area contributed by atoms with E-state index in [9.17, 15) is 9.59 Å². The second kappa shape index (κ2) is 9.57. The van der Waals surface area contributed by atoms with Gasteiger partial charge in [-0.15, -0.1) is 0 Å². The van der Waals surface area contributed by atoms with Crippen LogP contribution in [0.15, 0.2) is 42.5 Å². The third kappa shape index (κ3) is 6.02. The number of carbonyl (C=O) groups excluding carboxylic acids is 2. The number of rotatable bonds is 7. The van der Waals surface area contributed by atoms with E-state index in [0.29, 0.717) is 22.2 Å². The lowest BCUT2D eigenvalue weighted by Crippen LogP contribution is -2.21. The lowest BCUT2D eigenvalue weighted by molar-refractivity contribution is -0.119. The number of para-hydroxylation sites is 1. The molecule has 0 atom stereocenters. The van der Waals surface area contributed by atoms with E-state index in [0.717, 1.165) is 5.56 Å². The van der Waals surface area contributed by atoms with E-state index in [2.05, 4.69) is 5.32 Å². The number of nitrogens with one attached hydrogen (secondary N) is 1. The molecule has 2 aromatic carbocycles. The second-order valence-corrected chi connectivity index (χ2v) is 6.59. The monoisotopic (exact) mass is 395 g/mol. The Kier molecular flexibility index (Phi) is 7.45. The van der Waals surface area contributed by atoms with Gasteiger partial charge >= 0.3 is 5.97 Å². The fourth-order valence-electron chi connectivity index (χ4n) is 2.01. The molecule has 7 heteroatoms. The summed E-state index contributed by atoms with van der Waals surface area (Å²) < 4.78 is 10.5. The second-order valence-electron chi connectivity index (χ2n) is 5.78. The predicted molar refractivity (Wildman–Crippen MR) is 102 cm³/mol. The molecule has 0 bridgehead atoms. The van der Waals surface area contributed by atoms with Gasteiger partial charge in [-0.3, -0.25) is 4.79 Å². The van der Waals surface area contributed by atoms with Crippen LogP contribution >= 0.6 is 23.2 Å². The van der Waals surface area contributed by atoms with Crippen LogP contribution in [0.3, 0.4) is 0 Å². The van der Waals surface area contributed by atoms with Crippen molar-refractivity contribution in [3.8, 4) is 0 Å². The summed E-state index contributed by atoms with van der Waals surface area (Å²) in [6, 6.07) is 11.7. The highest BCUT2D eigenvalue weighted by molar-refractivity contribution is 6.39. The molecule has 0 heterocycles. The lowest BCUT2D eigenvalue weighted by Gasteiger charge is -2.10. The summed E-state index contributed by atoms with van der Waals surface area (Å²) in [4.78, 5) is 24.0. The van der Waals surface area contributed by atoms with Crippen molar-refractivity contribution in [3.05, 3.63) is 63.6 Å². The molecule has 0 saturated heterocycles. The summed E-state index contributed by atoms with van der Waals surface area (Å²) in [7, 11) is 0. The smallest absolute Gasteiger partial charge is 0.338 e.